The molecule has 118 valence electrons. The van der Waals surface area contributed by atoms with Crippen LogP contribution in [0.15, 0.2) is 72.8 Å². The number of aromatic amines is 1. The van der Waals surface area contributed by atoms with Crippen LogP contribution in [0, 0.1) is 0 Å². The third-order valence-corrected chi connectivity index (χ3v) is 4.05. The number of ether oxygens (including phenoxy) is 1. The Morgan fingerprint density at radius 3 is 2.62 bits per heavy atom. The van der Waals surface area contributed by atoms with Gasteiger partial charge in [-0.2, -0.15) is 0 Å². The van der Waals surface area contributed by atoms with Gasteiger partial charge in [0.15, 0.2) is 0 Å². The third-order valence-electron chi connectivity index (χ3n) is 3.81. The molecule has 24 heavy (non-hydrogen) atoms. The predicted octanol–water partition coefficient (Wildman–Crippen LogP) is 5.46. The molecule has 0 spiro atoms. The number of nitrogens with one attached hydrogen (secondary N) is 1. The minimum atomic E-state index is 0.456. The summed E-state index contributed by atoms with van der Waals surface area (Å²) in [5, 5.41) is 0.710. The second-order valence-electron chi connectivity index (χ2n) is 5.52. The number of aromatic nitrogens is 2. The quantitative estimate of drug-likeness (QED) is 0.538. The van der Waals surface area contributed by atoms with E-state index in [9.17, 15) is 0 Å². The fraction of sp³-hybridized carbons (Fsp3) is 0.0500. The van der Waals surface area contributed by atoms with Gasteiger partial charge in [-0.25, -0.2) is 4.98 Å². The first-order chi connectivity index (χ1) is 11.8. The van der Waals surface area contributed by atoms with Crippen LogP contribution in [0.3, 0.4) is 0 Å². The monoisotopic (exact) mass is 334 g/mol. The molecule has 0 saturated carbocycles. The fourth-order valence-corrected chi connectivity index (χ4v) is 2.87. The topological polar surface area (TPSA) is 37.9 Å². The highest BCUT2D eigenvalue weighted by molar-refractivity contribution is 6.30. The van der Waals surface area contributed by atoms with Gasteiger partial charge in [-0.15, -0.1) is 0 Å². The zero-order valence-electron chi connectivity index (χ0n) is 12.9. The molecule has 0 bridgehead atoms. The molecule has 0 fully saturated rings. The lowest BCUT2D eigenvalue weighted by molar-refractivity contribution is 0.307. The number of nitrogens with zero attached hydrogens (tertiary/aromatic N) is 1. The van der Waals surface area contributed by atoms with Crippen LogP contribution < -0.4 is 4.74 Å². The molecule has 0 amide bonds. The minimum absolute atomic E-state index is 0.456. The maximum Gasteiger partial charge on any atom is 0.142 e. The molecule has 0 aliphatic carbocycles. The third kappa shape index (κ3) is 2.99. The minimum Gasteiger partial charge on any atom is -0.488 e. The van der Waals surface area contributed by atoms with Crippen LogP contribution in [-0.2, 0) is 6.61 Å². The smallest absolute Gasteiger partial charge is 0.142 e. The molecule has 0 radical (unpaired) electrons. The zero-order valence-corrected chi connectivity index (χ0v) is 13.6. The summed E-state index contributed by atoms with van der Waals surface area (Å²) in [5.41, 5.74) is 3.92. The molecule has 1 heterocycles. The summed E-state index contributed by atoms with van der Waals surface area (Å²) in [6.45, 7) is 0.456. The highest BCUT2D eigenvalue weighted by atomic mass is 35.5. The van der Waals surface area contributed by atoms with Crippen molar-refractivity contribution in [2.75, 3.05) is 0 Å². The summed E-state index contributed by atoms with van der Waals surface area (Å²) < 4.78 is 6.01. The van der Waals surface area contributed by atoms with Gasteiger partial charge in [-0.05, 0) is 42.0 Å². The zero-order chi connectivity index (χ0) is 16.4. The Bertz CT molecular complexity index is 961. The Labute approximate surface area is 144 Å². The number of rotatable bonds is 4. The standard InChI is InChI=1S/C20H15ClN2O/c21-15-7-5-6-14(12-15)13-24-19-11-4-1-8-16(19)20-22-17-9-2-3-10-18(17)23-20/h1-12H,13H2,(H,22,23). The van der Waals surface area contributed by atoms with Gasteiger partial charge in [0.25, 0.3) is 0 Å². The van der Waals surface area contributed by atoms with Gasteiger partial charge in [0, 0.05) is 5.02 Å². The van der Waals surface area contributed by atoms with Gasteiger partial charge in [0.05, 0.1) is 16.6 Å². The SMILES string of the molecule is Clc1cccc(COc2ccccc2-c2nc3ccccc3[nH]2)c1. The van der Waals surface area contributed by atoms with E-state index in [1.165, 1.54) is 0 Å². The first kappa shape index (κ1) is 14.8. The van der Waals surface area contributed by atoms with Crippen molar-refractivity contribution in [2.24, 2.45) is 0 Å². The van der Waals surface area contributed by atoms with Crippen molar-refractivity contribution in [2.45, 2.75) is 6.61 Å². The van der Waals surface area contributed by atoms with Gasteiger partial charge in [0.1, 0.15) is 18.2 Å². The number of benzene rings is 3. The van der Waals surface area contributed by atoms with Gasteiger partial charge in [0.2, 0.25) is 0 Å². The molecule has 4 rings (SSSR count). The highest BCUT2D eigenvalue weighted by Crippen LogP contribution is 2.30. The highest BCUT2D eigenvalue weighted by Gasteiger charge is 2.10. The average Bonchev–Trinajstić information content (AvgIpc) is 3.04. The van der Waals surface area contributed by atoms with E-state index < -0.39 is 0 Å². The normalized spacial score (nSPS) is 10.9. The molecule has 0 atom stereocenters. The summed E-state index contributed by atoms with van der Waals surface area (Å²) in [7, 11) is 0. The molecule has 0 aliphatic rings. The molecular weight excluding hydrogens is 320 g/mol. The maximum atomic E-state index is 6.03. The number of hydrogen-bond acceptors (Lipinski definition) is 2. The molecule has 0 aliphatic heterocycles. The molecule has 1 aromatic heterocycles. The number of hydrogen-bond donors (Lipinski definition) is 1. The number of H-pyrrole nitrogens is 1. The van der Waals surface area contributed by atoms with Crippen LogP contribution >= 0.6 is 11.6 Å². The average molecular weight is 335 g/mol. The van der Waals surface area contributed by atoms with Crippen molar-refractivity contribution in [3.05, 3.63) is 83.4 Å². The van der Waals surface area contributed by atoms with Gasteiger partial charge in [-0.3, -0.25) is 0 Å². The Morgan fingerprint density at radius 1 is 0.917 bits per heavy atom. The van der Waals surface area contributed by atoms with Crippen molar-refractivity contribution in [3.63, 3.8) is 0 Å². The first-order valence-electron chi connectivity index (χ1n) is 7.71. The molecule has 4 aromatic rings. The second kappa shape index (κ2) is 6.38. The summed E-state index contributed by atoms with van der Waals surface area (Å²) in [4.78, 5) is 8.00. The van der Waals surface area contributed by atoms with E-state index in [1.54, 1.807) is 0 Å². The van der Waals surface area contributed by atoms with Crippen LogP contribution in [0.2, 0.25) is 5.02 Å². The first-order valence-corrected chi connectivity index (χ1v) is 8.09. The van der Waals surface area contributed by atoms with Crippen molar-refractivity contribution in [3.8, 4) is 17.1 Å². The van der Waals surface area contributed by atoms with E-state index in [0.29, 0.717) is 11.6 Å². The Hall–Kier alpha value is -2.78. The lowest BCUT2D eigenvalue weighted by atomic mass is 10.2. The number of halogens is 1. The summed E-state index contributed by atoms with van der Waals surface area (Å²) >= 11 is 6.03. The van der Waals surface area contributed by atoms with Crippen molar-refractivity contribution in [1.29, 1.82) is 0 Å². The van der Waals surface area contributed by atoms with E-state index in [4.69, 9.17) is 16.3 Å². The molecule has 3 nitrogen and oxygen atoms in total. The molecular formula is C20H15ClN2O. The largest absolute Gasteiger partial charge is 0.488 e. The summed E-state index contributed by atoms with van der Waals surface area (Å²) in [5.74, 6) is 1.59. The van der Waals surface area contributed by atoms with Crippen LogP contribution in [0.1, 0.15) is 5.56 Å². The molecule has 1 N–H and O–H groups in total. The molecule has 3 aromatic carbocycles. The van der Waals surface area contributed by atoms with Gasteiger partial charge in [-0.1, -0.05) is 48.0 Å². The predicted molar refractivity (Wildman–Crippen MR) is 97.3 cm³/mol. The van der Waals surface area contributed by atoms with E-state index in [2.05, 4.69) is 9.97 Å². The van der Waals surface area contributed by atoms with Crippen LogP contribution in [0.5, 0.6) is 5.75 Å². The van der Waals surface area contributed by atoms with Gasteiger partial charge >= 0.3 is 0 Å². The fourth-order valence-electron chi connectivity index (χ4n) is 2.66. The van der Waals surface area contributed by atoms with Crippen LogP contribution in [0.4, 0.5) is 0 Å². The Kier molecular flexibility index (Phi) is 3.93. The number of para-hydroxylation sites is 3. The van der Waals surface area contributed by atoms with Crippen LogP contribution in [0.25, 0.3) is 22.4 Å². The maximum absolute atomic E-state index is 6.03. The molecule has 0 saturated heterocycles. The second-order valence-corrected chi connectivity index (χ2v) is 5.95. The van der Waals surface area contributed by atoms with Crippen molar-refractivity contribution < 1.29 is 4.74 Å². The number of fused-ring (bicyclic) bond motifs is 1. The van der Waals surface area contributed by atoms with Crippen molar-refractivity contribution in [1.82, 2.24) is 9.97 Å². The number of imidazole rings is 1. The van der Waals surface area contributed by atoms with Crippen molar-refractivity contribution >= 4 is 22.6 Å². The van der Waals surface area contributed by atoms with E-state index >= 15 is 0 Å². The molecule has 4 heteroatoms. The lowest BCUT2D eigenvalue weighted by Crippen LogP contribution is -1.97. The van der Waals surface area contributed by atoms with Gasteiger partial charge < -0.3 is 9.72 Å². The lowest BCUT2D eigenvalue weighted by Gasteiger charge is -2.10. The Morgan fingerprint density at radius 2 is 1.75 bits per heavy atom. The van der Waals surface area contributed by atoms with Crippen LogP contribution in [-0.4, -0.2) is 9.97 Å². The Balaban J connectivity index is 1.65. The van der Waals surface area contributed by atoms with E-state index in [1.807, 2.05) is 72.8 Å². The van der Waals surface area contributed by atoms with E-state index in [0.717, 1.165) is 33.7 Å². The molecule has 0 unspecified atom stereocenters. The summed E-state index contributed by atoms with van der Waals surface area (Å²) in [6, 6.07) is 23.6. The summed E-state index contributed by atoms with van der Waals surface area (Å²) in [6.07, 6.45) is 0. The van der Waals surface area contributed by atoms with E-state index in [-0.39, 0.29) is 0 Å².